The van der Waals surface area contributed by atoms with Crippen molar-refractivity contribution in [2.24, 2.45) is 0 Å². The number of nitrogens with zero attached hydrogens (tertiary/aromatic N) is 2. The second-order valence-electron chi connectivity index (χ2n) is 5.41. The quantitative estimate of drug-likeness (QED) is 0.846. The molecule has 1 atom stereocenters. The zero-order valence-electron chi connectivity index (χ0n) is 11.4. The van der Waals surface area contributed by atoms with E-state index in [0.29, 0.717) is 25.6 Å². The Morgan fingerprint density at radius 3 is 2.95 bits per heavy atom. The van der Waals surface area contributed by atoms with Crippen LogP contribution in [-0.2, 0) is 16.1 Å². The van der Waals surface area contributed by atoms with E-state index in [-0.39, 0.29) is 17.6 Å². The predicted molar refractivity (Wildman–Crippen MR) is 72.5 cm³/mol. The molecular formula is C14H19N3O3. The summed E-state index contributed by atoms with van der Waals surface area (Å²) in [7, 11) is 0. The number of amides is 1. The molecule has 108 valence electrons. The fourth-order valence-corrected chi connectivity index (χ4v) is 2.41. The molecule has 0 spiro atoms. The van der Waals surface area contributed by atoms with E-state index in [9.17, 15) is 9.59 Å². The Kier molecular flexibility index (Phi) is 3.82. The van der Waals surface area contributed by atoms with Crippen LogP contribution in [0.3, 0.4) is 0 Å². The molecule has 0 unspecified atom stereocenters. The molecule has 20 heavy (non-hydrogen) atoms. The molecule has 6 nitrogen and oxygen atoms in total. The monoisotopic (exact) mass is 277 g/mol. The summed E-state index contributed by atoms with van der Waals surface area (Å²) in [5.74, 6) is 0.398. The Morgan fingerprint density at radius 1 is 1.45 bits per heavy atom. The van der Waals surface area contributed by atoms with Gasteiger partial charge >= 0.3 is 0 Å². The van der Waals surface area contributed by atoms with Gasteiger partial charge in [-0.1, -0.05) is 0 Å². The van der Waals surface area contributed by atoms with Crippen molar-refractivity contribution in [3.8, 4) is 0 Å². The normalized spacial score (nSPS) is 21.9. The highest BCUT2D eigenvalue weighted by molar-refractivity contribution is 5.80. The molecule has 0 bridgehead atoms. The maximum atomic E-state index is 11.9. The molecule has 1 aliphatic heterocycles. The molecule has 6 heteroatoms. The third kappa shape index (κ3) is 3.07. The van der Waals surface area contributed by atoms with E-state index in [4.69, 9.17) is 4.74 Å². The van der Waals surface area contributed by atoms with Gasteiger partial charge in [0.2, 0.25) is 5.91 Å². The first-order valence-corrected chi connectivity index (χ1v) is 7.20. The zero-order valence-corrected chi connectivity index (χ0v) is 11.4. The van der Waals surface area contributed by atoms with Gasteiger partial charge in [0.15, 0.2) is 0 Å². The van der Waals surface area contributed by atoms with E-state index in [2.05, 4.69) is 10.3 Å². The molecule has 1 saturated heterocycles. The first kappa shape index (κ1) is 13.3. The number of carbonyl (C=O) groups is 1. The minimum Gasteiger partial charge on any atom is -0.368 e. The molecule has 3 rings (SSSR count). The maximum absolute atomic E-state index is 11.9. The second kappa shape index (κ2) is 5.75. The topological polar surface area (TPSA) is 73.2 Å². The number of carbonyl (C=O) groups excluding carboxylic acids is 1. The number of rotatable bonds is 5. The first-order chi connectivity index (χ1) is 9.74. The minimum absolute atomic E-state index is 0.0479. The Hall–Kier alpha value is -1.69. The van der Waals surface area contributed by atoms with Gasteiger partial charge in [0.25, 0.3) is 5.56 Å². The molecule has 2 aliphatic rings. The number of aromatic nitrogens is 2. The highest BCUT2D eigenvalue weighted by atomic mass is 16.5. The van der Waals surface area contributed by atoms with Crippen molar-refractivity contribution < 1.29 is 9.53 Å². The Bertz CT molecular complexity index is 545. The van der Waals surface area contributed by atoms with Gasteiger partial charge in [-0.3, -0.25) is 14.2 Å². The molecule has 2 heterocycles. The molecule has 0 aromatic carbocycles. The predicted octanol–water partition coefficient (Wildman–Crippen LogP) is 0.416. The van der Waals surface area contributed by atoms with E-state index in [1.54, 1.807) is 12.4 Å². The summed E-state index contributed by atoms with van der Waals surface area (Å²) >= 11 is 0. The molecule has 1 aliphatic carbocycles. The lowest BCUT2D eigenvalue weighted by atomic mass is 10.2. The molecule has 1 N–H and O–H groups in total. The van der Waals surface area contributed by atoms with E-state index >= 15 is 0 Å². The number of hydrogen-bond donors (Lipinski definition) is 1. The minimum atomic E-state index is -0.318. The van der Waals surface area contributed by atoms with Crippen molar-refractivity contribution in [1.29, 1.82) is 0 Å². The molecule has 1 saturated carbocycles. The fraction of sp³-hybridized carbons (Fsp3) is 0.643. The number of nitrogens with one attached hydrogen (secondary N) is 1. The van der Waals surface area contributed by atoms with Crippen LogP contribution in [0.25, 0.3) is 0 Å². The van der Waals surface area contributed by atoms with Crippen LogP contribution >= 0.6 is 0 Å². The van der Waals surface area contributed by atoms with Crippen molar-refractivity contribution in [2.45, 2.75) is 44.2 Å². The molecule has 0 radical (unpaired) electrons. The zero-order chi connectivity index (χ0) is 13.9. The van der Waals surface area contributed by atoms with Gasteiger partial charge in [-0.15, -0.1) is 0 Å². The van der Waals surface area contributed by atoms with Crippen molar-refractivity contribution in [3.05, 3.63) is 28.4 Å². The van der Waals surface area contributed by atoms with Gasteiger partial charge in [0.05, 0.1) is 12.0 Å². The van der Waals surface area contributed by atoms with Gasteiger partial charge in [0, 0.05) is 31.7 Å². The lowest BCUT2D eigenvalue weighted by Crippen LogP contribution is -2.37. The largest absolute Gasteiger partial charge is 0.368 e. The summed E-state index contributed by atoms with van der Waals surface area (Å²) in [5, 5.41) is 2.80. The summed E-state index contributed by atoms with van der Waals surface area (Å²) in [4.78, 5) is 27.9. The number of hydrogen-bond acceptors (Lipinski definition) is 4. The van der Waals surface area contributed by atoms with Crippen LogP contribution in [0.5, 0.6) is 0 Å². The maximum Gasteiger partial charge on any atom is 0.253 e. The van der Waals surface area contributed by atoms with Gasteiger partial charge in [-0.25, -0.2) is 4.98 Å². The van der Waals surface area contributed by atoms with E-state index in [1.165, 1.54) is 4.57 Å². The van der Waals surface area contributed by atoms with Crippen molar-refractivity contribution in [3.63, 3.8) is 0 Å². The second-order valence-corrected chi connectivity index (χ2v) is 5.41. The molecule has 2 fully saturated rings. The molecule has 1 amide bonds. The average molecular weight is 277 g/mol. The van der Waals surface area contributed by atoms with Crippen LogP contribution < -0.4 is 10.9 Å². The molecule has 1 aromatic heterocycles. The van der Waals surface area contributed by atoms with E-state index in [0.717, 1.165) is 31.4 Å². The van der Waals surface area contributed by atoms with Crippen LogP contribution in [0.1, 0.15) is 37.3 Å². The van der Waals surface area contributed by atoms with Crippen molar-refractivity contribution in [1.82, 2.24) is 14.9 Å². The summed E-state index contributed by atoms with van der Waals surface area (Å²) in [6, 6.07) is 1.61. The average Bonchev–Trinajstić information content (AvgIpc) is 3.15. The Labute approximate surface area is 117 Å². The first-order valence-electron chi connectivity index (χ1n) is 7.20. The van der Waals surface area contributed by atoms with Crippen LogP contribution in [0.2, 0.25) is 0 Å². The summed E-state index contributed by atoms with van der Waals surface area (Å²) < 4.78 is 6.83. The fourth-order valence-electron chi connectivity index (χ4n) is 2.41. The van der Waals surface area contributed by atoms with Gasteiger partial charge in [-0.05, 0) is 25.7 Å². The Morgan fingerprint density at radius 2 is 2.30 bits per heavy atom. The standard InChI is InChI=1S/C14H19N3O3/c18-13-8-11(10-3-4-10)16-9-17(13)6-5-15-14(19)12-2-1-7-20-12/h8-10,12H,1-7H2,(H,15,19)/t12-/m1/s1. The number of ether oxygens (including phenoxy) is 1. The Balaban J connectivity index is 1.50. The summed E-state index contributed by atoms with van der Waals surface area (Å²) in [6.07, 6.45) is 5.24. The van der Waals surface area contributed by atoms with E-state index in [1.807, 2.05) is 0 Å². The lowest BCUT2D eigenvalue weighted by molar-refractivity contribution is -0.130. The summed E-state index contributed by atoms with van der Waals surface area (Å²) in [5.41, 5.74) is 0.850. The SMILES string of the molecule is O=C(NCCn1cnc(C2CC2)cc1=O)[C@H]1CCCO1. The lowest BCUT2D eigenvalue weighted by Gasteiger charge is -2.11. The van der Waals surface area contributed by atoms with Gasteiger partial charge < -0.3 is 10.1 Å². The third-order valence-corrected chi connectivity index (χ3v) is 3.77. The van der Waals surface area contributed by atoms with Gasteiger partial charge in [-0.2, -0.15) is 0 Å². The van der Waals surface area contributed by atoms with Crippen LogP contribution in [-0.4, -0.2) is 34.7 Å². The highest BCUT2D eigenvalue weighted by Crippen LogP contribution is 2.38. The molecular weight excluding hydrogens is 258 g/mol. The van der Waals surface area contributed by atoms with Crippen LogP contribution in [0.15, 0.2) is 17.2 Å². The summed E-state index contributed by atoms with van der Waals surface area (Å²) in [6.45, 7) is 1.52. The van der Waals surface area contributed by atoms with Crippen molar-refractivity contribution >= 4 is 5.91 Å². The van der Waals surface area contributed by atoms with Crippen LogP contribution in [0, 0.1) is 0 Å². The third-order valence-electron chi connectivity index (χ3n) is 3.77. The van der Waals surface area contributed by atoms with Crippen molar-refractivity contribution in [2.75, 3.05) is 13.2 Å². The smallest absolute Gasteiger partial charge is 0.253 e. The molecule has 1 aromatic rings. The van der Waals surface area contributed by atoms with E-state index < -0.39 is 0 Å². The highest BCUT2D eigenvalue weighted by Gasteiger charge is 2.25. The van der Waals surface area contributed by atoms with Crippen LogP contribution in [0.4, 0.5) is 0 Å². The van der Waals surface area contributed by atoms with Gasteiger partial charge in [0.1, 0.15) is 6.10 Å².